The van der Waals surface area contributed by atoms with Crippen molar-refractivity contribution in [1.82, 2.24) is 5.32 Å². The summed E-state index contributed by atoms with van der Waals surface area (Å²) in [7, 11) is 0. The zero-order valence-electron chi connectivity index (χ0n) is 11.0. The molecular weight excluding hydrogens is 234 g/mol. The molecule has 0 aromatic rings. The molecule has 5 heteroatoms. The van der Waals surface area contributed by atoms with Gasteiger partial charge in [-0.05, 0) is 13.0 Å². The highest BCUT2D eigenvalue weighted by molar-refractivity contribution is 5.74. The average molecular weight is 257 g/mol. The van der Waals surface area contributed by atoms with Crippen LogP contribution in [0.5, 0.6) is 0 Å². The van der Waals surface area contributed by atoms with Gasteiger partial charge in [0.25, 0.3) is 0 Å². The van der Waals surface area contributed by atoms with Gasteiger partial charge in [-0.3, -0.25) is 4.79 Å². The molecule has 0 bridgehead atoms. The highest BCUT2D eigenvalue weighted by Gasteiger charge is 2.36. The van der Waals surface area contributed by atoms with Crippen molar-refractivity contribution in [2.45, 2.75) is 38.3 Å². The maximum Gasteiger partial charge on any atom is 0.313 e. The third-order valence-corrected chi connectivity index (χ3v) is 3.49. The van der Waals surface area contributed by atoms with Gasteiger partial charge in [0.2, 0.25) is 0 Å². The monoisotopic (exact) mass is 257 g/mol. The third kappa shape index (κ3) is 3.67. The smallest absolute Gasteiger partial charge is 0.313 e. The second kappa shape index (κ2) is 7.07. The van der Waals surface area contributed by atoms with Crippen molar-refractivity contribution in [3.8, 4) is 0 Å². The van der Waals surface area contributed by atoms with Gasteiger partial charge in [-0.15, -0.1) is 0 Å². The van der Waals surface area contributed by atoms with Gasteiger partial charge >= 0.3 is 5.97 Å². The summed E-state index contributed by atoms with van der Waals surface area (Å²) in [5.74, 6) is -0.271. The lowest BCUT2D eigenvalue weighted by Crippen LogP contribution is -2.41. The standard InChI is InChI=1S/C13H23NO4/c1-2-5-14-12-9-17-8-11(12)13(15)18-10-3-6-16-7-4-10/h10-12,14H,2-9H2,1H3. The zero-order chi connectivity index (χ0) is 12.8. The fraction of sp³-hybridized carbons (Fsp3) is 0.923. The molecule has 0 aromatic carbocycles. The van der Waals surface area contributed by atoms with Gasteiger partial charge < -0.3 is 19.5 Å². The first-order chi connectivity index (χ1) is 8.81. The van der Waals surface area contributed by atoms with Crippen LogP contribution in [0, 0.1) is 5.92 Å². The highest BCUT2D eigenvalue weighted by Crippen LogP contribution is 2.19. The number of rotatable bonds is 5. The minimum Gasteiger partial charge on any atom is -0.462 e. The fourth-order valence-electron chi connectivity index (χ4n) is 2.36. The van der Waals surface area contributed by atoms with E-state index in [0.717, 1.165) is 25.8 Å². The van der Waals surface area contributed by atoms with Crippen LogP contribution in [0.2, 0.25) is 0 Å². The summed E-state index contributed by atoms with van der Waals surface area (Å²) in [5, 5.41) is 3.35. The van der Waals surface area contributed by atoms with Gasteiger partial charge in [0.15, 0.2) is 0 Å². The maximum absolute atomic E-state index is 12.1. The van der Waals surface area contributed by atoms with Crippen molar-refractivity contribution in [2.75, 3.05) is 33.0 Å². The van der Waals surface area contributed by atoms with E-state index in [4.69, 9.17) is 14.2 Å². The topological polar surface area (TPSA) is 56.8 Å². The molecule has 2 rings (SSSR count). The van der Waals surface area contributed by atoms with Crippen molar-refractivity contribution in [1.29, 1.82) is 0 Å². The number of ether oxygens (including phenoxy) is 3. The summed E-state index contributed by atoms with van der Waals surface area (Å²) in [4.78, 5) is 12.1. The Morgan fingerprint density at radius 1 is 1.28 bits per heavy atom. The van der Waals surface area contributed by atoms with E-state index in [1.165, 1.54) is 0 Å². The molecule has 2 atom stereocenters. The number of carbonyl (C=O) groups excluding carboxylic acids is 1. The van der Waals surface area contributed by atoms with Crippen molar-refractivity contribution >= 4 is 5.97 Å². The Labute approximate surface area is 108 Å². The first-order valence-corrected chi connectivity index (χ1v) is 6.90. The summed E-state index contributed by atoms with van der Waals surface area (Å²) in [6, 6.07) is 0.109. The van der Waals surface area contributed by atoms with E-state index in [1.807, 2.05) is 0 Å². The van der Waals surface area contributed by atoms with Crippen LogP contribution in [-0.4, -0.2) is 51.1 Å². The zero-order valence-corrected chi connectivity index (χ0v) is 11.0. The Bertz CT molecular complexity index is 266. The van der Waals surface area contributed by atoms with Crippen molar-refractivity contribution in [2.24, 2.45) is 5.92 Å². The number of hydrogen-bond donors (Lipinski definition) is 1. The van der Waals surface area contributed by atoms with Crippen LogP contribution >= 0.6 is 0 Å². The van der Waals surface area contributed by atoms with Crippen LogP contribution in [0.25, 0.3) is 0 Å². The molecule has 104 valence electrons. The first kappa shape index (κ1) is 13.8. The van der Waals surface area contributed by atoms with E-state index >= 15 is 0 Å². The van der Waals surface area contributed by atoms with Crippen LogP contribution in [0.1, 0.15) is 26.2 Å². The van der Waals surface area contributed by atoms with E-state index in [0.29, 0.717) is 26.4 Å². The molecule has 2 aliphatic heterocycles. The fourth-order valence-corrected chi connectivity index (χ4v) is 2.36. The molecule has 2 heterocycles. The van der Waals surface area contributed by atoms with E-state index in [2.05, 4.69) is 12.2 Å². The Hall–Kier alpha value is -0.650. The first-order valence-electron chi connectivity index (χ1n) is 6.90. The minimum absolute atomic E-state index is 0.0266. The number of esters is 1. The van der Waals surface area contributed by atoms with Crippen LogP contribution in [0.15, 0.2) is 0 Å². The van der Waals surface area contributed by atoms with Crippen LogP contribution in [-0.2, 0) is 19.0 Å². The van der Waals surface area contributed by atoms with Gasteiger partial charge in [-0.25, -0.2) is 0 Å². The average Bonchev–Trinajstić information content (AvgIpc) is 2.86. The quantitative estimate of drug-likeness (QED) is 0.736. The molecule has 2 aliphatic rings. The maximum atomic E-state index is 12.1. The third-order valence-electron chi connectivity index (χ3n) is 3.49. The molecular formula is C13H23NO4. The molecule has 2 fully saturated rings. The highest BCUT2D eigenvalue weighted by atomic mass is 16.6. The van der Waals surface area contributed by atoms with Crippen molar-refractivity contribution in [3.63, 3.8) is 0 Å². The van der Waals surface area contributed by atoms with E-state index in [-0.39, 0.29) is 24.0 Å². The number of hydrogen-bond acceptors (Lipinski definition) is 5. The molecule has 0 radical (unpaired) electrons. The van der Waals surface area contributed by atoms with Crippen LogP contribution in [0.4, 0.5) is 0 Å². The van der Waals surface area contributed by atoms with E-state index in [1.54, 1.807) is 0 Å². The second-order valence-electron chi connectivity index (χ2n) is 4.95. The Morgan fingerprint density at radius 2 is 2.06 bits per heavy atom. The molecule has 1 N–H and O–H groups in total. The lowest BCUT2D eigenvalue weighted by molar-refractivity contribution is -0.158. The van der Waals surface area contributed by atoms with Crippen molar-refractivity contribution in [3.05, 3.63) is 0 Å². The van der Waals surface area contributed by atoms with Gasteiger partial charge in [-0.2, -0.15) is 0 Å². The van der Waals surface area contributed by atoms with E-state index in [9.17, 15) is 4.79 Å². The molecule has 2 saturated heterocycles. The normalized spacial score (nSPS) is 29.4. The summed E-state index contributed by atoms with van der Waals surface area (Å²) >= 11 is 0. The Balaban J connectivity index is 1.79. The van der Waals surface area contributed by atoms with Crippen molar-refractivity contribution < 1.29 is 19.0 Å². The van der Waals surface area contributed by atoms with Crippen LogP contribution in [0.3, 0.4) is 0 Å². The summed E-state index contributed by atoms with van der Waals surface area (Å²) < 4.78 is 16.2. The molecule has 0 amide bonds. The van der Waals surface area contributed by atoms with Gasteiger partial charge in [0.1, 0.15) is 6.10 Å². The van der Waals surface area contributed by atoms with Gasteiger partial charge in [0.05, 0.1) is 32.3 Å². The summed E-state index contributed by atoms with van der Waals surface area (Å²) in [5.41, 5.74) is 0. The molecule has 0 spiro atoms. The van der Waals surface area contributed by atoms with Crippen LogP contribution < -0.4 is 5.32 Å². The Morgan fingerprint density at radius 3 is 2.78 bits per heavy atom. The number of nitrogens with one attached hydrogen (secondary N) is 1. The number of carbonyl (C=O) groups is 1. The second-order valence-corrected chi connectivity index (χ2v) is 4.95. The summed E-state index contributed by atoms with van der Waals surface area (Å²) in [6.07, 6.45) is 2.70. The largest absolute Gasteiger partial charge is 0.462 e. The molecule has 0 aromatic heterocycles. The van der Waals surface area contributed by atoms with E-state index < -0.39 is 0 Å². The molecule has 0 saturated carbocycles. The minimum atomic E-state index is -0.153. The predicted octanol–water partition coefficient (Wildman–Crippen LogP) is 0.723. The molecule has 2 unspecified atom stereocenters. The van der Waals surface area contributed by atoms with Gasteiger partial charge in [0, 0.05) is 18.9 Å². The molecule has 18 heavy (non-hydrogen) atoms. The molecule has 5 nitrogen and oxygen atoms in total. The Kier molecular flexibility index (Phi) is 5.41. The lowest BCUT2D eigenvalue weighted by Gasteiger charge is -2.25. The molecule has 0 aliphatic carbocycles. The predicted molar refractivity (Wildman–Crippen MR) is 66.3 cm³/mol. The SMILES string of the molecule is CCCNC1COCC1C(=O)OC1CCOCC1. The summed E-state index contributed by atoms with van der Waals surface area (Å²) in [6.45, 7) is 5.48. The lowest BCUT2D eigenvalue weighted by atomic mass is 10.0. The van der Waals surface area contributed by atoms with Gasteiger partial charge in [-0.1, -0.05) is 6.92 Å².